The van der Waals surface area contributed by atoms with Gasteiger partial charge in [0, 0.05) is 11.3 Å². The number of hydrogen-bond donors (Lipinski definition) is 2. The first kappa shape index (κ1) is 22.0. The minimum atomic E-state index is -3.88. The van der Waals surface area contributed by atoms with E-state index in [4.69, 9.17) is 4.74 Å². The summed E-state index contributed by atoms with van der Waals surface area (Å²) in [5.41, 5.74) is 0.900. The number of anilines is 1. The van der Waals surface area contributed by atoms with Crippen molar-refractivity contribution in [2.75, 3.05) is 17.7 Å². The van der Waals surface area contributed by atoms with Gasteiger partial charge in [-0.2, -0.15) is 0 Å². The van der Waals surface area contributed by atoms with Gasteiger partial charge in [-0.1, -0.05) is 36.4 Å². The zero-order valence-electron chi connectivity index (χ0n) is 16.5. The fourth-order valence-corrected chi connectivity index (χ4v) is 4.32. The standard InChI is InChI=1S/C23H21NO6S/c25-22(17-7-3-1-4-8-17)24-19-11-13-21(14-12-19)31(28,29)16-18(23(26)27)15-30-20-9-5-2-6-10-20/h1-14,18H,15-16H2,(H,24,25)(H,26,27). The average molecular weight is 439 g/mol. The van der Waals surface area contributed by atoms with Crippen LogP contribution < -0.4 is 10.1 Å². The summed E-state index contributed by atoms with van der Waals surface area (Å²) >= 11 is 0. The number of carbonyl (C=O) groups excluding carboxylic acids is 1. The minimum absolute atomic E-state index is 0.0313. The summed E-state index contributed by atoms with van der Waals surface area (Å²) in [5, 5.41) is 12.1. The number of ether oxygens (including phenoxy) is 1. The Morgan fingerprint density at radius 1 is 0.871 bits per heavy atom. The number of amides is 1. The van der Waals surface area contributed by atoms with E-state index in [0.29, 0.717) is 17.0 Å². The van der Waals surface area contributed by atoms with Gasteiger partial charge in [-0.05, 0) is 48.5 Å². The molecule has 0 fully saturated rings. The van der Waals surface area contributed by atoms with Gasteiger partial charge in [-0.25, -0.2) is 8.42 Å². The van der Waals surface area contributed by atoms with Gasteiger partial charge in [-0.3, -0.25) is 9.59 Å². The number of sulfone groups is 1. The van der Waals surface area contributed by atoms with Crippen LogP contribution in [0.5, 0.6) is 5.75 Å². The van der Waals surface area contributed by atoms with Gasteiger partial charge in [0.1, 0.15) is 18.3 Å². The third-order valence-corrected chi connectivity index (χ3v) is 6.30. The number of aliphatic carboxylic acids is 1. The third-order valence-electron chi connectivity index (χ3n) is 4.47. The highest BCUT2D eigenvalue weighted by molar-refractivity contribution is 7.91. The number of para-hydroxylation sites is 1. The Balaban J connectivity index is 1.65. The fraction of sp³-hybridized carbons (Fsp3) is 0.130. The van der Waals surface area contributed by atoms with E-state index in [2.05, 4.69) is 5.32 Å². The largest absolute Gasteiger partial charge is 0.493 e. The lowest BCUT2D eigenvalue weighted by Gasteiger charge is -2.14. The summed E-state index contributed by atoms with van der Waals surface area (Å²) in [6.45, 7) is -0.274. The van der Waals surface area contributed by atoms with Gasteiger partial charge < -0.3 is 15.2 Å². The second-order valence-corrected chi connectivity index (χ2v) is 8.82. The molecule has 31 heavy (non-hydrogen) atoms. The number of benzene rings is 3. The quantitative estimate of drug-likeness (QED) is 0.528. The molecule has 0 radical (unpaired) electrons. The van der Waals surface area contributed by atoms with E-state index in [1.165, 1.54) is 24.3 Å². The van der Waals surface area contributed by atoms with E-state index in [0.717, 1.165) is 0 Å². The van der Waals surface area contributed by atoms with Crippen LogP contribution in [0.2, 0.25) is 0 Å². The molecule has 3 rings (SSSR count). The maximum Gasteiger partial charge on any atom is 0.311 e. The summed E-state index contributed by atoms with van der Waals surface area (Å²) < 4.78 is 30.8. The Hall–Kier alpha value is -3.65. The summed E-state index contributed by atoms with van der Waals surface area (Å²) in [5.74, 6) is -2.95. The summed E-state index contributed by atoms with van der Waals surface area (Å²) in [4.78, 5) is 23.7. The lowest BCUT2D eigenvalue weighted by Crippen LogP contribution is -2.29. The zero-order valence-corrected chi connectivity index (χ0v) is 17.3. The van der Waals surface area contributed by atoms with E-state index < -0.39 is 27.5 Å². The van der Waals surface area contributed by atoms with Crippen molar-refractivity contribution in [3.8, 4) is 5.75 Å². The number of nitrogens with one attached hydrogen (secondary N) is 1. The lowest BCUT2D eigenvalue weighted by atomic mass is 10.2. The number of carbonyl (C=O) groups is 2. The lowest BCUT2D eigenvalue weighted by molar-refractivity contribution is -0.141. The van der Waals surface area contributed by atoms with Crippen molar-refractivity contribution in [3.05, 3.63) is 90.5 Å². The molecule has 1 unspecified atom stereocenters. The highest BCUT2D eigenvalue weighted by atomic mass is 32.2. The van der Waals surface area contributed by atoms with Crippen LogP contribution in [0.15, 0.2) is 89.8 Å². The molecule has 0 bridgehead atoms. The van der Waals surface area contributed by atoms with Crippen LogP contribution in [-0.4, -0.2) is 37.8 Å². The van der Waals surface area contributed by atoms with E-state index in [1.807, 2.05) is 0 Å². The van der Waals surface area contributed by atoms with Crippen molar-refractivity contribution in [1.82, 2.24) is 0 Å². The molecule has 8 heteroatoms. The van der Waals surface area contributed by atoms with E-state index >= 15 is 0 Å². The Kier molecular flexibility index (Phi) is 7.04. The average Bonchev–Trinajstić information content (AvgIpc) is 2.78. The predicted molar refractivity (Wildman–Crippen MR) is 116 cm³/mol. The van der Waals surface area contributed by atoms with Gasteiger partial charge in [0.25, 0.3) is 5.91 Å². The normalized spacial score (nSPS) is 12.0. The monoisotopic (exact) mass is 439 g/mol. The van der Waals surface area contributed by atoms with Crippen LogP contribution in [0.4, 0.5) is 5.69 Å². The highest BCUT2D eigenvalue weighted by Crippen LogP contribution is 2.19. The SMILES string of the molecule is O=C(Nc1ccc(S(=O)(=O)CC(COc2ccccc2)C(=O)O)cc1)c1ccccc1. The topological polar surface area (TPSA) is 110 Å². The Morgan fingerprint density at radius 2 is 1.45 bits per heavy atom. The van der Waals surface area contributed by atoms with Crippen molar-refractivity contribution in [3.63, 3.8) is 0 Å². The maximum atomic E-state index is 12.7. The van der Waals surface area contributed by atoms with Gasteiger partial charge in [-0.15, -0.1) is 0 Å². The molecule has 0 saturated heterocycles. The van der Waals surface area contributed by atoms with Gasteiger partial charge in [0.2, 0.25) is 0 Å². The molecule has 3 aromatic carbocycles. The summed E-state index contributed by atoms with van der Waals surface area (Å²) in [6, 6.07) is 22.8. The molecule has 0 aliphatic rings. The molecule has 0 aliphatic heterocycles. The number of carboxylic acid groups (broad SMARTS) is 1. The molecule has 0 spiro atoms. The summed E-state index contributed by atoms with van der Waals surface area (Å²) in [7, 11) is -3.88. The fourth-order valence-electron chi connectivity index (χ4n) is 2.80. The van der Waals surface area contributed by atoms with Crippen LogP contribution in [-0.2, 0) is 14.6 Å². The van der Waals surface area contributed by atoms with Crippen molar-refractivity contribution < 1.29 is 27.9 Å². The summed E-state index contributed by atoms with van der Waals surface area (Å²) in [6.07, 6.45) is 0. The van der Waals surface area contributed by atoms with E-state index in [1.54, 1.807) is 60.7 Å². The molecule has 7 nitrogen and oxygen atoms in total. The predicted octanol–water partition coefficient (Wildman–Crippen LogP) is 3.49. The molecular formula is C23H21NO6S. The number of rotatable bonds is 9. The van der Waals surface area contributed by atoms with Crippen molar-refractivity contribution in [2.24, 2.45) is 5.92 Å². The molecule has 1 amide bonds. The molecule has 2 N–H and O–H groups in total. The molecule has 0 aromatic heterocycles. The van der Waals surface area contributed by atoms with Gasteiger partial charge in [0.15, 0.2) is 9.84 Å². The Bertz CT molecular complexity index is 1130. The van der Waals surface area contributed by atoms with Crippen LogP contribution in [0.25, 0.3) is 0 Å². The van der Waals surface area contributed by atoms with Crippen LogP contribution in [0, 0.1) is 5.92 Å². The maximum absolute atomic E-state index is 12.7. The van der Waals surface area contributed by atoms with Crippen LogP contribution in [0.3, 0.4) is 0 Å². The number of hydrogen-bond acceptors (Lipinski definition) is 5. The smallest absolute Gasteiger partial charge is 0.311 e. The first-order valence-electron chi connectivity index (χ1n) is 9.45. The van der Waals surface area contributed by atoms with Crippen LogP contribution in [0.1, 0.15) is 10.4 Å². The van der Waals surface area contributed by atoms with Crippen LogP contribution >= 0.6 is 0 Å². The van der Waals surface area contributed by atoms with Crippen molar-refractivity contribution in [2.45, 2.75) is 4.90 Å². The third kappa shape index (κ3) is 6.16. The molecule has 160 valence electrons. The van der Waals surface area contributed by atoms with Crippen molar-refractivity contribution in [1.29, 1.82) is 0 Å². The second kappa shape index (κ2) is 9.90. The molecule has 0 heterocycles. The minimum Gasteiger partial charge on any atom is -0.493 e. The zero-order chi connectivity index (χ0) is 22.3. The van der Waals surface area contributed by atoms with E-state index in [9.17, 15) is 23.1 Å². The Morgan fingerprint density at radius 3 is 2.03 bits per heavy atom. The van der Waals surface area contributed by atoms with Crippen molar-refractivity contribution >= 4 is 27.4 Å². The second-order valence-electron chi connectivity index (χ2n) is 6.79. The van der Waals surface area contributed by atoms with E-state index in [-0.39, 0.29) is 17.4 Å². The number of carboxylic acids is 1. The molecule has 0 saturated carbocycles. The molecular weight excluding hydrogens is 418 g/mol. The van der Waals surface area contributed by atoms with Gasteiger partial charge in [0.05, 0.1) is 10.6 Å². The Labute approximate surface area is 180 Å². The molecule has 1 atom stereocenters. The highest BCUT2D eigenvalue weighted by Gasteiger charge is 2.27. The van der Waals surface area contributed by atoms with Gasteiger partial charge >= 0.3 is 5.97 Å². The molecule has 0 aliphatic carbocycles. The first-order valence-corrected chi connectivity index (χ1v) is 11.1. The first-order chi connectivity index (χ1) is 14.8. The molecule has 3 aromatic rings.